The Bertz CT molecular complexity index is 759. The SMILES string of the molecule is CCOC(=O)c1ccccc1NC(=O)C(=O)Nc1ccc(F)cc1. The third-order valence-corrected chi connectivity index (χ3v) is 2.98. The highest BCUT2D eigenvalue weighted by molar-refractivity contribution is 6.43. The van der Waals surface area contributed by atoms with Gasteiger partial charge in [0.2, 0.25) is 0 Å². The van der Waals surface area contributed by atoms with E-state index in [2.05, 4.69) is 10.6 Å². The number of hydrogen-bond donors (Lipinski definition) is 2. The summed E-state index contributed by atoms with van der Waals surface area (Å²) in [5, 5.41) is 4.68. The van der Waals surface area contributed by atoms with Crippen molar-refractivity contribution in [2.24, 2.45) is 0 Å². The molecule has 2 aromatic carbocycles. The maximum absolute atomic E-state index is 12.8. The third kappa shape index (κ3) is 4.39. The highest BCUT2D eigenvalue weighted by Crippen LogP contribution is 2.16. The Morgan fingerprint density at radius 1 is 0.958 bits per heavy atom. The molecule has 6 nitrogen and oxygen atoms in total. The summed E-state index contributed by atoms with van der Waals surface area (Å²) in [6.07, 6.45) is 0. The van der Waals surface area contributed by atoms with Gasteiger partial charge in [0.15, 0.2) is 0 Å². The van der Waals surface area contributed by atoms with Gasteiger partial charge in [-0.3, -0.25) is 9.59 Å². The van der Waals surface area contributed by atoms with Crippen molar-refractivity contribution in [3.8, 4) is 0 Å². The first-order chi connectivity index (χ1) is 11.5. The zero-order valence-electron chi connectivity index (χ0n) is 12.8. The van der Waals surface area contributed by atoms with Gasteiger partial charge in [0, 0.05) is 5.69 Å². The van der Waals surface area contributed by atoms with E-state index >= 15 is 0 Å². The molecule has 7 heteroatoms. The van der Waals surface area contributed by atoms with Crippen LogP contribution < -0.4 is 10.6 Å². The summed E-state index contributed by atoms with van der Waals surface area (Å²) in [7, 11) is 0. The molecule has 2 rings (SSSR count). The Kier molecular flexibility index (Phi) is 5.62. The molecule has 24 heavy (non-hydrogen) atoms. The molecular weight excluding hydrogens is 315 g/mol. The number of para-hydroxylation sites is 1. The predicted molar refractivity (Wildman–Crippen MR) is 86.1 cm³/mol. The first-order valence-corrected chi connectivity index (χ1v) is 7.15. The molecule has 0 aliphatic heterocycles. The van der Waals surface area contributed by atoms with Gasteiger partial charge >= 0.3 is 17.8 Å². The predicted octanol–water partition coefficient (Wildman–Crippen LogP) is 2.58. The van der Waals surface area contributed by atoms with E-state index in [4.69, 9.17) is 4.74 Å². The van der Waals surface area contributed by atoms with Gasteiger partial charge in [-0.15, -0.1) is 0 Å². The fourth-order valence-corrected chi connectivity index (χ4v) is 1.88. The molecule has 0 atom stereocenters. The molecule has 0 aromatic heterocycles. The second-order valence-corrected chi connectivity index (χ2v) is 4.68. The van der Waals surface area contributed by atoms with E-state index in [1.54, 1.807) is 19.1 Å². The van der Waals surface area contributed by atoms with Crippen LogP contribution in [-0.4, -0.2) is 24.4 Å². The van der Waals surface area contributed by atoms with E-state index in [1.165, 1.54) is 24.3 Å². The minimum atomic E-state index is -0.962. The topological polar surface area (TPSA) is 84.5 Å². The molecule has 0 aliphatic carbocycles. The summed E-state index contributed by atoms with van der Waals surface area (Å²) in [6, 6.07) is 11.1. The number of hydrogen-bond acceptors (Lipinski definition) is 4. The standard InChI is InChI=1S/C17H15FN2O4/c1-2-24-17(23)13-5-3-4-6-14(13)20-16(22)15(21)19-12-9-7-11(18)8-10-12/h3-10H,2H2,1H3,(H,19,21)(H,20,22). The third-order valence-electron chi connectivity index (χ3n) is 2.98. The molecule has 0 unspecified atom stereocenters. The molecule has 0 spiro atoms. The van der Waals surface area contributed by atoms with E-state index in [0.29, 0.717) is 0 Å². The summed E-state index contributed by atoms with van der Waals surface area (Å²) in [5.74, 6) is -2.97. The summed E-state index contributed by atoms with van der Waals surface area (Å²) >= 11 is 0. The number of benzene rings is 2. The average molecular weight is 330 g/mol. The first-order valence-electron chi connectivity index (χ1n) is 7.15. The van der Waals surface area contributed by atoms with Gasteiger partial charge in [-0.25, -0.2) is 9.18 Å². The lowest BCUT2D eigenvalue weighted by molar-refractivity contribution is -0.133. The summed E-state index contributed by atoms with van der Waals surface area (Å²) in [4.78, 5) is 35.7. The van der Waals surface area contributed by atoms with Crippen LogP contribution in [0.2, 0.25) is 0 Å². The van der Waals surface area contributed by atoms with Crippen molar-refractivity contribution >= 4 is 29.2 Å². The molecule has 2 N–H and O–H groups in total. The fraction of sp³-hybridized carbons (Fsp3) is 0.118. The number of ether oxygens (including phenoxy) is 1. The van der Waals surface area contributed by atoms with Crippen LogP contribution in [0.25, 0.3) is 0 Å². The first kappa shape index (κ1) is 17.1. The van der Waals surface area contributed by atoms with Gasteiger partial charge in [-0.1, -0.05) is 12.1 Å². The lowest BCUT2D eigenvalue weighted by Gasteiger charge is -2.10. The second kappa shape index (κ2) is 7.87. The molecule has 0 fully saturated rings. The van der Waals surface area contributed by atoms with Gasteiger partial charge in [0.25, 0.3) is 0 Å². The average Bonchev–Trinajstić information content (AvgIpc) is 2.57. The molecular formula is C17H15FN2O4. The Labute approximate surface area is 137 Å². The summed E-state index contributed by atoms with van der Waals surface area (Å²) < 4.78 is 17.7. The van der Waals surface area contributed by atoms with Crippen LogP contribution in [0.15, 0.2) is 48.5 Å². The van der Waals surface area contributed by atoms with Crippen LogP contribution in [0, 0.1) is 5.82 Å². The Morgan fingerprint density at radius 2 is 1.58 bits per heavy atom. The minimum Gasteiger partial charge on any atom is -0.462 e. The zero-order valence-corrected chi connectivity index (χ0v) is 12.8. The lowest BCUT2D eigenvalue weighted by atomic mass is 10.2. The van der Waals surface area contributed by atoms with Crippen LogP contribution in [0.1, 0.15) is 17.3 Å². The smallest absolute Gasteiger partial charge is 0.340 e. The van der Waals surface area contributed by atoms with Crippen molar-refractivity contribution in [3.05, 3.63) is 59.9 Å². The van der Waals surface area contributed by atoms with Crippen LogP contribution in [0.4, 0.5) is 15.8 Å². The number of amides is 2. The molecule has 0 aliphatic rings. The maximum Gasteiger partial charge on any atom is 0.340 e. The molecule has 2 amide bonds. The number of esters is 1. The summed E-state index contributed by atoms with van der Waals surface area (Å²) in [6.45, 7) is 1.85. The molecule has 0 saturated heterocycles. The van der Waals surface area contributed by atoms with Gasteiger partial charge < -0.3 is 15.4 Å². The number of carbonyl (C=O) groups excluding carboxylic acids is 3. The van der Waals surface area contributed by atoms with Crippen molar-refractivity contribution in [1.82, 2.24) is 0 Å². The fourth-order valence-electron chi connectivity index (χ4n) is 1.88. The lowest BCUT2D eigenvalue weighted by Crippen LogP contribution is -2.29. The van der Waals surface area contributed by atoms with E-state index < -0.39 is 23.6 Å². The van der Waals surface area contributed by atoms with Crippen LogP contribution in [-0.2, 0) is 14.3 Å². The largest absolute Gasteiger partial charge is 0.462 e. The van der Waals surface area contributed by atoms with Gasteiger partial charge in [-0.2, -0.15) is 0 Å². The van der Waals surface area contributed by atoms with Crippen LogP contribution in [0.5, 0.6) is 0 Å². The molecule has 2 aromatic rings. The highest BCUT2D eigenvalue weighted by Gasteiger charge is 2.18. The van der Waals surface area contributed by atoms with Gasteiger partial charge in [0.1, 0.15) is 5.82 Å². The normalized spacial score (nSPS) is 9.92. The molecule has 0 heterocycles. The van der Waals surface area contributed by atoms with Crippen molar-refractivity contribution in [2.75, 3.05) is 17.2 Å². The van der Waals surface area contributed by atoms with E-state index in [-0.39, 0.29) is 23.5 Å². The minimum absolute atomic E-state index is 0.141. The molecule has 0 saturated carbocycles. The van der Waals surface area contributed by atoms with E-state index in [1.807, 2.05) is 0 Å². The molecule has 0 bridgehead atoms. The van der Waals surface area contributed by atoms with Crippen molar-refractivity contribution < 1.29 is 23.5 Å². The quantitative estimate of drug-likeness (QED) is 0.666. The van der Waals surface area contributed by atoms with Crippen molar-refractivity contribution in [2.45, 2.75) is 6.92 Å². The Balaban J connectivity index is 2.07. The van der Waals surface area contributed by atoms with Gasteiger partial charge in [0.05, 0.1) is 17.9 Å². The number of nitrogens with one attached hydrogen (secondary N) is 2. The summed E-state index contributed by atoms with van der Waals surface area (Å²) in [5.41, 5.74) is 0.577. The van der Waals surface area contributed by atoms with Crippen molar-refractivity contribution in [3.63, 3.8) is 0 Å². The monoisotopic (exact) mass is 330 g/mol. The Morgan fingerprint density at radius 3 is 2.25 bits per heavy atom. The van der Waals surface area contributed by atoms with E-state index in [0.717, 1.165) is 12.1 Å². The molecule has 0 radical (unpaired) electrons. The Hall–Kier alpha value is -3.22. The molecule has 124 valence electrons. The van der Waals surface area contributed by atoms with Crippen molar-refractivity contribution in [1.29, 1.82) is 0 Å². The van der Waals surface area contributed by atoms with Crippen LogP contribution in [0.3, 0.4) is 0 Å². The van der Waals surface area contributed by atoms with Gasteiger partial charge in [-0.05, 0) is 43.3 Å². The second-order valence-electron chi connectivity index (χ2n) is 4.68. The highest BCUT2D eigenvalue weighted by atomic mass is 19.1. The van der Waals surface area contributed by atoms with Crippen LogP contribution >= 0.6 is 0 Å². The number of rotatable bonds is 4. The van der Waals surface area contributed by atoms with E-state index in [9.17, 15) is 18.8 Å². The zero-order chi connectivity index (χ0) is 17.5. The number of carbonyl (C=O) groups is 3. The maximum atomic E-state index is 12.8. The number of anilines is 2. The number of halogens is 1.